The average molecular weight is 331 g/mol. The number of carbonyl (C=O) groups excluding carboxylic acids is 1. The van der Waals surface area contributed by atoms with Crippen LogP contribution >= 0.6 is 0 Å². The minimum absolute atomic E-state index is 0.105. The van der Waals surface area contributed by atoms with Crippen molar-refractivity contribution in [2.45, 2.75) is 20.4 Å². The molecule has 1 amide bonds. The van der Waals surface area contributed by atoms with Gasteiger partial charge < -0.3 is 14.8 Å². The fourth-order valence-corrected chi connectivity index (χ4v) is 2.29. The van der Waals surface area contributed by atoms with E-state index in [0.29, 0.717) is 34.9 Å². The molecule has 0 aliphatic heterocycles. The van der Waals surface area contributed by atoms with Crippen LogP contribution in [0.5, 0.6) is 11.5 Å². The molecule has 7 nitrogen and oxygen atoms in total. The molecule has 2 aromatic rings. The summed E-state index contributed by atoms with van der Waals surface area (Å²) in [6, 6.07) is 5.12. The van der Waals surface area contributed by atoms with Crippen molar-refractivity contribution in [3.63, 3.8) is 0 Å². The molecule has 0 saturated carbocycles. The van der Waals surface area contributed by atoms with E-state index >= 15 is 0 Å². The third-order valence-electron chi connectivity index (χ3n) is 3.81. The average Bonchev–Trinajstić information content (AvgIpc) is 2.60. The van der Waals surface area contributed by atoms with Gasteiger partial charge in [-0.25, -0.2) is 4.98 Å². The molecule has 0 saturated heterocycles. The monoisotopic (exact) mass is 331 g/mol. The van der Waals surface area contributed by atoms with Crippen LogP contribution in [0.1, 0.15) is 21.6 Å². The smallest absolute Gasteiger partial charge is 0.258 e. The second-order valence-corrected chi connectivity index (χ2v) is 5.25. The molecule has 2 rings (SSSR count). The predicted molar refractivity (Wildman–Crippen MR) is 89.9 cm³/mol. The number of benzene rings is 1. The second kappa shape index (κ2) is 7.63. The van der Waals surface area contributed by atoms with Gasteiger partial charge >= 0.3 is 0 Å². The number of hydrogen-bond acceptors (Lipinski definition) is 5. The Balaban J connectivity index is 2.10. The van der Waals surface area contributed by atoms with Gasteiger partial charge in [-0.3, -0.25) is 14.2 Å². The Morgan fingerprint density at radius 2 is 1.83 bits per heavy atom. The van der Waals surface area contributed by atoms with Crippen LogP contribution in [0.4, 0.5) is 0 Å². The molecule has 0 aliphatic rings. The summed E-state index contributed by atoms with van der Waals surface area (Å²) in [5.41, 5.74) is 1.54. The van der Waals surface area contributed by atoms with Gasteiger partial charge in [-0.05, 0) is 26.0 Å². The predicted octanol–water partition coefficient (Wildman–Crippen LogP) is 1.31. The van der Waals surface area contributed by atoms with Crippen molar-refractivity contribution in [2.75, 3.05) is 20.8 Å². The maximum atomic E-state index is 12.4. The van der Waals surface area contributed by atoms with Crippen LogP contribution in [-0.4, -0.2) is 36.2 Å². The zero-order chi connectivity index (χ0) is 17.7. The molecule has 0 fully saturated rings. The lowest BCUT2D eigenvalue weighted by molar-refractivity contribution is 0.0946. The summed E-state index contributed by atoms with van der Waals surface area (Å²) in [5.74, 6) is 0.530. The first-order chi connectivity index (χ1) is 11.5. The van der Waals surface area contributed by atoms with E-state index in [1.807, 2.05) is 0 Å². The highest BCUT2D eigenvalue weighted by Crippen LogP contribution is 2.27. The third kappa shape index (κ3) is 3.56. The van der Waals surface area contributed by atoms with E-state index in [2.05, 4.69) is 10.3 Å². The van der Waals surface area contributed by atoms with Crippen LogP contribution in [0.25, 0.3) is 0 Å². The first-order valence-corrected chi connectivity index (χ1v) is 7.51. The maximum absolute atomic E-state index is 12.4. The Bertz CT molecular complexity index is 777. The van der Waals surface area contributed by atoms with Crippen LogP contribution in [0.3, 0.4) is 0 Å². The van der Waals surface area contributed by atoms with Crippen molar-refractivity contribution in [3.8, 4) is 11.5 Å². The van der Waals surface area contributed by atoms with Crippen LogP contribution in [-0.2, 0) is 6.54 Å². The van der Waals surface area contributed by atoms with Gasteiger partial charge in [0.25, 0.3) is 11.5 Å². The Morgan fingerprint density at radius 3 is 2.42 bits per heavy atom. The van der Waals surface area contributed by atoms with Gasteiger partial charge in [0.1, 0.15) is 17.1 Å². The summed E-state index contributed by atoms with van der Waals surface area (Å²) in [6.07, 6.45) is 1.49. The molecule has 1 N–H and O–H groups in total. The van der Waals surface area contributed by atoms with E-state index < -0.39 is 0 Å². The summed E-state index contributed by atoms with van der Waals surface area (Å²) < 4.78 is 11.9. The Labute approximate surface area is 140 Å². The number of ether oxygens (including phenoxy) is 2. The number of aryl methyl sites for hydroxylation is 1. The Kier molecular flexibility index (Phi) is 5.57. The normalized spacial score (nSPS) is 10.3. The molecule has 0 aliphatic carbocycles. The molecule has 24 heavy (non-hydrogen) atoms. The minimum atomic E-state index is -0.325. The topological polar surface area (TPSA) is 82.4 Å². The number of rotatable bonds is 6. The van der Waals surface area contributed by atoms with Gasteiger partial charge in [0.05, 0.1) is 20.5 Å². The van der Waals surface area contributed by atoms with Crippen molar-refractivity contribution < 1.29 is 14.3 Å². The van der Waals surface area contributed by atoms with E-state index in [1.165, 1.54) is 25.1 Å². The molecule has 0 spiro atoms. The molecular formula is C17H21N3O4. The van der Waals surface area contributed by atoms with Crippen molar-refractivity contribution in [1.29, 1.82) is 0 Å². The summed E-state index contributed by atoms with van der Waals surface area (Å²) in [4.78, 5) is 28.7. The SMILES string of the molecule is COc1cccc(OC)c1C(=O)NCCn1cnc(C)c(C)c1=O. The van der Waals surface area contributed by atoms with Gasteiger partial charge in [-0.1, -0.05) is 6.07 Å². The minimum Gasteiger partial charge on any atom is -0.496 e. The lowest BCUT2D eigenvalue weighted by Gasteiger charge is -2.13. The van der Waals surface area contributed by atoms with Crippen molar-refractivity contribution in [2.24, 2.45) is 0 Å². The standard InChI is InChI=1S/C17H21N3O4/c1-11-12(2)19-10-20(17(11)22)9-8-18-16(21)15-13(23-3)6-5-7-14(15)24-4/h5-7,10H,8-9H2,1-4H3,(H,18,21). The Hall–Kier alpha value is -2.83. The lowest BCUT2D eigenvalue weighted by Crippen LogP contribution is -2.32. The lowest BCUT2D eigenvalue weighted by atomic mass is 10.1. The highest BCUT2D eigenvalue weighted by Gasteiger charge is 2.17. The second-order valence-electron chi connectivity index (χ2n) is 5.25. The number of hydrogen-bond donors (Lipinski definition) is 1. The molecule has 7 heteroatoms. The first-order valence-electron chi connectivity index (χ1n) is 7.51. The maximum Gasteiger partial charge on any atom is 0.258 e. The van der Waals surface area contributed by atoms with Crippen LogP contribution < -0.4 is 20.3 Å². The van der Waals surface area contributed by atoms with Gasteiger partial charge in [0.15, 0.2) is 0 Å². The quantitative estimate of drug-likeness (QED) is 0.863. The van der Waals surface area contributed by atoms with Gasteiger partial charge in [-0.15, -0.1) is 0 Å². The van der Waals surface area contributed by atoms with Crippen LogP contribution in [0, 0.1) is 13.8 Å². The summed E-state index contributed by atoms with van der Waals surface area (Å²) >= 11 is 0. The summed E-state index contributed by atoms with van der Waals surface area (Å²) in [5, 5.41) is 2.77. The van der Waals surface area contributed by atoms with Crippen molar-refractivity contribution >= 4 is 5.91 Å². The molecule has 1 heterocycles. The van der Waals surface area contributed by atoms with E-state index in [-0.39, 0.29) is 18.0 Å². The molecule has 0 radical (unpaired) electrons. The van der Waals surface area contributed by atoms with Gasteiger partial charge in [-0.2, -0.15) is 0 Å². The molecule has 0 atom stereocenters. The molecule has 1 aromatic heterocycles. The third-order valence-corrected chi connectivity index (χ3v) is 3.81. The van der Waals surface area contributed by atoms with Crippen molar-refractivity contribution in [1.82, 2.24) is 14.9 Å². The Morgan fingerprint density at radius 1 is 1.21 bits per heavy atom. The highest BCUT2D eigenvalue weighted by atomic mass is 16.5. The number of nitrogens with zero attached hydrogens (tertiary/aromatic N) is 2. The number of carbonyl (C=O) groups is 1. The highest BCUT2D eigenvalue weighted by molar-refractivity contribution is 5.99. The largest absolute Gasteiger partial charge is 0.496 e. The van der Waals surface area contributed by atoms with Gasteiger partial charge in [0.2, 0.25) is 0 Å². The molecule has 128 valence electrons. The van der Waals surface area contributed by atoms with Gasteiger partial charge in [0, 0.05) is 24.3 Å². The zero-order valence-corrected chi connectivity index (χ0v) is 14.3. The molecule has 0 bridgehead atoms. The number of methoxy groups -OCH3 is 2. The van der Waals surface area contributed by atoms with Crippen molar-refractivity contribution in [3.05, 3.63) is 51.7 Å². The van der Waals surface area contributed by atoms with E-state index in [0.717, 1.165) is 0 Å². The zero-order valence-electron chi connectivity index (χ0n) is 14.3. The first kappa shape index (κ1) is 17.5. The van der Waals surface area contributed by atoms with E-state index in [1.54, 1.807) is 32.0 Å². The fraction of sp³-hybridized carbons (Fsp3) is 0.353. The molecular weight excluding hydrogens is 310 g/mol. The molecule has 0 unspecified atom stereocenters. The summed E-state index contributed by atoms with van der Waals surface area (Å²) in [7, 11) is 2.98. The number of nitrogens with one attached hydrogen (secondary N) is 1. The van der Waals surface area contributed by atoms with E-state index in [4.69, 9.17) is 9.47 Å². The van der Waals surface area contributed by atoms with Crippen LogP contribution in [0.15, 0.2) is 29.3 Å². The summed E-state index contributed by atoms with van der Waals surface area (Å²) in [6.45, 7) is 4.14. The fourth-order valence-electron chi connectivity index (χ4n) is 2.29. The molecule has 1 aromatic carbocycles. The van der Waals surface area contributed by atoms with Crippen LogP contribution in [0.2, 0.25) is 0 Å². The number of aromatic nitrogens is 2. The van der Waals surface area contributed by atoms with E-state index in [9.17, 15) is 9.59 Å². The number of amides is 1.